The lowest BCUT2D eigenvalue weighted by atomic mass is 10.2. The molecular formula is C11H20N2O2. The maximum Gasteiger partial charge on any atom is 0.317 e. The molecule has 0 aromatic carbocycles. The highest BCUT2D eigenvalue weighted by Crippen LogP contribution is 2.31. The lowest BCUT2D eigenvalue weighted by molar-refractivity contribution is -0.138. The number of carbonyl (C=O) groups is 1. The van der Waals surface area contributed by atoms with E-state index in [1.807, 2.05) is 0 Å². The molecular weight excluding hydrogens is 192 g/mol. The van der Waals surface area contributed by atoms with Gasteiger partial charge in [-0.2, -0.15) is 0 Å². The van der Waals surface area contributed by atoms with E-state index in [-0.39, 0.29) is 6.54 Å². The minimum Gasteiger partial charge on any atom is -0.480 e. The number of nitrogens with zero attached hydrogens (tertiary/aromatic N) is 2. The van der Waals surface area contributed by atoms with Crippen LogP contribution in [0.2, 0.25) is 0 Å². The summed E-state index contributed by atoms with van der Waals surface area (Å²) in [5.74, 6) is 0.0838. The van der Waals surface area contributed by atoms with E-state index in [2.05, 4.69) is 16.8 Å². The van der Waals surface area contributed by atoms with Crippen LogP contribution >= 0.6 is 0 Å². The van der Waals surface area contributed by atoms with Crippen molar-refractivity contribution in [3.63, 3.8) is 0 Å². The molecule has 4 nitrogen and oxygen atoms in total. The van der Waals surface area contributed by atoms with E-state index in [1.165, 1.54) is 12.8 Å². The number of hydrogen-bond acceptors (Lipinski definition) is 3. The maximum atomic E-state index is 10.8. The van der Waals surface area contributed by atoms with Crippen LogP contribution in [0.25, 0.3) is 0 Å². The van der Waals surface area contributed by atoms with Crippen LogP contribution < -0.4 is 0 Å². The van der Waals surface area contributed by atoms with E-state index in [4.69, 9.17) is 5.11 Å². The number of carboxylic acid groups (broad SMARTS) is 1. The van der Waals surface area contributed by atoms with Gasteiger partial charge in [0.2, 0.25) is 0 Å². The smallest absolute Gasteiger partial charge is 0.317 e. The third-order valence-corrected chi connectivity index (χ3v) is 3.41. The van der Waals surface area contributed by atoms with Crippen LogP contribution in [0, 0.1) is 5.92 Å². The van der Waals surface area contributed by atoms with E-state index in [0.29, 0.717) is 6.04 Å². The zero-order valence-corrected chi connectivity index (χ0v) is 9.35. The fraction of sp³-hybridized carbons (Fsp3) is 0.909. The Morgan fingerprint density at radius 3 is 2.67 bits per heavy atom. The van der Waals surface area contributed by atoms with Crippen LogP contribution in [0.3, 0.4) is 0 Å². The van der Waals surface area contributed by atoms with E-state index in [1.54, 1.807) is 0 Å². The number of hydrogen-bond donors (Lipinski definition) is 1. The molecule has 2 rings (SSSR count). The molecule has 0 amide bonds. The highest BCUT2D eigenvalue weighted by molar-refractivity contribution is 5.69. The van der Waals surface area contributed by atoms with Gasteiger partial charge in [0.05, 0.1) is 6.54 Å². The molecule has 2 aliphatic rings. The first kappa shape index (κ1) is 10.9. The van der Waals surface area contributed by atoms with Crippen molar-refractivity contribution in [2.45, 2.75) is 25.3 Å². The van der Waals surface area contributed by atoms with Gasteiger partial charge >= 0.3 is 5.97 Å². The van der Waals surface area contributed by atoms with Gasteiger partial charge in [0, 0.05) is 19.1 Å². The van der Waals surface area contributed by atoms with E-state index in [0.717, 1.165) is 32.0 Å². The van der Waals surface area contributed by atoms with Crippen molar-refractivity contribution in [1.82, 2.24) is 9.80 Å². The average Bonchev–Trinajstić information content (AvgIpc) is 2.85. The molecule has 1 unspecified atom stereocenters. The Hall–Kier alpha value is -0.610. The SMILES string of the molecule is CN1CCC(N(CC(=O)O)CC2CC2)C1. The largest absolute Gasteiger partial charge is 0.480 e. The number of rotatable bonds is 5. The van der Waals surface area contributed by atoms with Crippen LogP contribution in [0.15, 0.2) is 0 Å². The molecule has 86 valence electrons. The lowest BCUT2D eigenvalue weighted by Gasteiger charge is -2.26. The Bertz CT molecular complexity index is 241. The third kappa shape index (κ3) is 3.18. The van der Waals surface area contributed by atoms with Crippen molar-refractivity contribution in [3.8, 4) is 0 Å². The molecule has 1 saturated carbocycles. The molecule has 2 fully saturated rings. The first-order valence-corrected chi connectivity index (χ1v) is 5.79. The normalized spacial score (nSPS) is 27.5. The number of likely N-dealkylation sites (N-methyl/N-ethyl adjacent to an activating group) is 1. The summed E-state index contributed by atoms with van der Waals surface area (Å²) >= 11 is 0. The van der Waals surface area contributed by atoms with Crippen molar-refractivity contribution < 1.29 is 9.90 Å². The van der Waals surface area contributed by atoms with E-state index in [9.17, 15) is 4.79 Å². The first-order chi connectivity index (χ1) is 7.15. The third-order valence-electron chi connectivity index (χ3n) is 3.41. The monoisotopic (exact) mass is 212 g/mol. The molecule has 1 N–H and O–H groups in total. The molecule has 0 aromatic heterocycles. The lowest BCUT2D eigenvalue weighted by Crippen LogP contribution is -2.41. The molecule has 4 heteroatoms. The first-order valence-electron chi connectivity index (χ1n) is 5.79. The summed E-state index contributed by atoms with van der Waals surface area (Å²) in [6, 6.07) is 0.465. The molecule has 1 aliphatic heterocycles. The molecule has 1 atom stereocenters. The van der Waals surface area contributed by atoms with Crippen molar-refractivity contribution >= 4 is 5.97 Å². The molecule has 0 radical (unpaired) electrons. The van der Waals surface area contributed by atoms with Crippen molar-refractivity contribution in [3.05, 3.63) is 0 Å². The van der Waals surface area contributed by atoms with Gasteiger partial charge in [0.1, 0.15) is 0 Å². The van der Waals surface area contributed by atoms with Crippen molar-refractivity contribution in [2.24, 2.45) is 5.92 Å². The molecule has 0 bridgehead atoms. The zero-order valence-electron chi connectivity index (χ0n) is 9.35. The zero-order chi connectivity index (χ0) is 10.8. The number of aliphatic carboxylic acids is 1. The van der Waals surface area contributed by atoms with E-state index < -0.39 is 5.97 Å². The van der Waals surface area contributed by atoms with Crippen LogP contribution in [-0.2, 0) is 4.79 Å². The summed E-state index contributed by atoms with van der Waals surface area (Å²) in [5.41, 5.74) is 0. The van der Waals surface area contributed by atoms with Crippen LogP contribution in [0.4, 0.5) is 0 Å². The standard InChI is InChI=1S/C11H20N2O2/c1-12-5-4-10(7-12)13(8-11(14)15)6-9-2-3-9/h9-10H,2-8H2,1H3,(H,14,15). The molecule has 0 spiro atoms. The van der Waals surface area contributed by atoms with Crippen LogP contribution in [0.1, 0.15) is 19.3 Å². The highest BCUT2D eigenvalue weighted by atomic mass is 16.4. The van der Waals surface area contributed by atoms with Gasteiger partial charge in [-0.25, -0.2) is 0 Å². The van der Waals surface area contributed by atoms with Crippen LogP contribution in [-0.4, -0.2) is 60.1 Å². The maximum absolute atomic E-state index is 10.8. The topological polar surface area (TPSA) is 43.8 Å². The summed E-state index contributed by atoms with van der Waals surface area (Å²) in [5, 5.41) is 8.89. The minimum atomic E-state index is -0.690. The van der Waals surface area contributed by atoms with Gasteiger partial charge in [-0.3, -0.25) is 9.69 Å². The Morgan fingerprint density at radius 1 is 1.47 bits per heavy atom. The molecule has 0 aromatic rings. The van der Waals surface area contributed by atoms with Gasteiger partial charge in [0.15, 0.2) is 0 Å². The minimum absolute atomic E-state index is 0.217. The predicted octanol–water partition coefficient (Wildman–Crippen LogP) is 0.487. The molecule has 1 saturated heterocycles. The van der Waals surface area contributed by atoms with Gasteiger partial charge in [-0.1, -0.05) is 0 Å². The summed E-state index contributed by atoms with van der Waals surface area (Å²) in [7, 11) is 2.11. The Labute approximate surface area is 90.9 Å². The van der Waals surface area contributed by atoms with Gasteiger partial charge in [-0.05, 0) is 38.8 Å². The fourth-order valence-corrected chi connectivity index (χ4v) is 2.36. The van der Waals surface area contributed by atoms with Crippen molar-refractivity contribution in [1.29, 1.82) is 0 Å². The number of likely N-dealkylation sites (tertiary alicyclic amines) is 1. The average molecular weight is 212 g/mol. The van der Waals surface area contributed by atoms with Crippen LogP contribution in [0.5, 0.6) is 0 Å². The summed E-state index contributed by atoms with van der Waals surface area (Å²) in [4.78, 5) is 15.2. The second-order valence-corrected chi connectivity index (χ2v) is 4.97. The summed E-state index contributed by atoms with van der Waals surface area (Å²) in [6.45, 7) is 3.34. The Morgan fingerprint density at radius 2 is 2.20 bits per heavy atom. The Kier molecular flexibility index (Phi) is 3.26. The second-order valence-electron chi connectivity index (χ2n) is 4.97. The van der Waals surface area contributed by atoms with E-state index >= 15 is 0 Å². The summed E-state index contributed by atoms with van der Waals surface area (Å²) in [6.07, 6.45) is 3.70. The molecule has 1 heterocycles. The quantitative estimate of drug-likeness (QED) is 0.720. The highest BCUT2D eigenvalue weighted by Gasteiger charge is 2.31. The fourth-order valence-electron chi connectivity index (χ4n) is 2.36. The second kappa shape index (κ2) is 4.49. The number of carboxylic acids is 1. The van der Waals surface area contributed by atoms with Gasteiger partial charge in [-0.15, -0.1) is 0 Å². The summed E-state index contributed by atoms with van der Waals surface area (Å²) < 4.78 is 0. The van der Waals surface area contributed by atoms with Gasteiger partial charge in [0.25, 0.3) is 0 Å². The van der Waals surface area contributed by atoms with Gasteiger partial charge < -0.3 is 10.0 Å². The molecule has 15 heavy (non-hydrogen) atoms. The molecule has 1 aliphatic carbocycles. The predicted molar refractivity (Wildman–Crippen MR) is 57.8 cm³/mol. The van der Waals surface area contributed by atoms with Crippen molar-refractivity contribution in [2.75, 3.05) is 33.2 Å². The Balaban J connectivity index is 1.87.